The van der Waals surface area contributed by atoms with Crippen molar-refractivity contribution in [1.29, 1.82) is 0 Å². The lowest BCUT2D eigenvalue weighted by Crippen LogP contribution is -2.10. The summed E-state index contributed by atoms with van der Waals surface area (Å²) in [7, 11) is 0. The Morgan fingerprint density at radius 1 is 1.20 bits per heavy atom. The lowest BCUT2D eigenvalue weighted by Gasteiger charge is -2.13. The Morgan fingerprint density at radius 2 is 1.90 bits per heavy atom. The number of para-hydroxylation sites is 1. The van der Waals surface area contributed by atoms with Gasteiger partial charge in [-0.05, 0) is 60.1 Å². The quantitative estimate of drug-likeness (QED) is 0.678. The molecule has 0 radical (unpaired) electrons. The Labute approximate surface area is 126 Å². The fraction of sp³-hybridized carbons (Fsp3) is 0.188. The van der Waals surface area contributed by atoms with Crippen molar-refractivity contribution in [1.82, 2.24) is 0 Å². The highest BCUT2D eigenvalue weighted by molar-refractivity contribution is 9.10. The summed E-state index contributed by atoms with van der Waals surface area (Å²) < 4.78 is 6.40. The number of benzene rings is 2. The molecule has 0 heterocycles. The summed E-state index contributed by atoms with van der Waals surface area (Å²) in [6, 6.07) is 12.4. The van der Waals surface area contributed by atoms with Crippen LogP contribution in [0.1, 0.15) is 29.8 Å². The molecule has 0 amide bonds. The van der Waals surface area contributed by atoms with E-state index in [1.165, 1.54) is 0 Å². The van der Waals surface area contributed by atoms with Crippen LogP contribution in [0.5, 0.6) is 5.75 Å². The largest absolute Gasteiger partial charge is 0.490 e. The van der Waals surface area contributed by atoms with Gasteiger partial charge in [0.2, 0.25) is 0 Å². The minimum absolute atomic E-state index is 0.0158. The minimum Gasteiger partial charge on any atom is -0.490 e. The van der Waals surface area contributed by atoms with Crippen LogP contribution in [0.25, 0.3) is 0 Å². The molecule has 0 atom stereocenters. The summed E-state index contributed by atoms with van der Waals surface area (Å²) in [5.74, 6) is 0.516. The van der Waals surface area contributed by atoms with Crippen LogP contribution in [-0.4, -0.2) is 11.9 Å². The van der Waals surface area contributed by atoms with Crippen molar-refractivity contribution in [3.8, 4) is 5.75 Å². The second-order valence-electron chi connectivity index (χ2n) is 4.73. The molecule has 2 rings (SSSR count). The number of carbonyl (C=O) groups is 1. The van der Waals surface area contributed by atoms with Gasteiger partial charge in [0.15, 0.2) is 5.78 Å². The number of anilines is 1. The maximum absolute atomic E-state index is 12.6. The van der Waals surface area contributed by atoms with Crippen molar-refractivity contribution in [3.05, 3.63) is 58.1 Å². The standard InChI is InChI=1S/C16H16BrNO2/c1-10(2)20-15-6-4-3-5-12(15)16(19)11-7-8-14(18)13(17)9-11/h3-10H,18H2,1-2H3. The molecule has 104 valence electrons. The molecule has 4 heteroatoms. The molecule has 2 aromatic carbocycles. The van der Waals surface area contributed by atoms with E-state index in [1.807, 2.05) is 26.0 Å². The zero-order chi connectivity index (χ0) is 14.7. The first-order valence-electron chi connectivity index (χ1n) is 6.34. The summed E-state index contributed by atoms with van der Waals surface area (Å²) in [5.41, 5.74) is 7.47. The van der Waals surface area contributed by atoms with E-state index in [2.05, 4.69) is 15.9 Å². The molecular weight excluding hydrogens is 318 g/mol. The van der Waals surface area contributed by atoms with Crippen LogP contribution in [-0.2, 0) is 0 Å². The van der Waals surface area contributed by atoms with Crippen LogP contribution in [0.3, 0.4) is 0 Å². The number of carbonyl (C=O) groups excluding carboxylic acids is 1. The zero-order valence-corrected chi connectivity index (χ0v) is 13.0. The summed E-state index contributed by atoms with van der Waals surface area (Å²) in [4.78, 5) is 12.6. The summed E-state index contributed by atoms with van der Waals surface area (Å²) in [5, 5.41) is 0. The monoisotopic (exact) mass is 333 g/mol. The first-order chi connectivity index (χ1) is 9.49. The highest BCUT2D eigenvalue weighted by Crippen LogP contribution is 2.26. The van der Waals surface area contributed by atoms with Crippen molar-refractivity contribution in [3.63, 3.8) is 0 Å². The molecule has 20 heavy (non-hydrogen) atoms. The zero-order valence-electron chi connectivity index (χ0n) is 11.4. The fourth-order valence-corrected chi connectivity index (χ4v) is 2.21. The molecule has 3 nitrogen and oxygen atoms in total. The highest BCUT2D eigenvalue weighted by Gasteiger charge is 2.15. The van der Waals surface area contributed by atoms with Crippen LogP contribution >= 0.6 is 15.9 Å². The summed E-state index contributed by atoms with van der Waals surface area (Å²) in [6.07, 6.45) is 0.0158. The molecule has 0 aromatic heterocycles. The molecular formula is C16H16BrNO2. The Morgan fingerprint density at radius 3 is 2.55 bits per heavy atom. The van der Waals surface area contributed by atoms with Crippen molar-refractivity contribution < 1.29 is 9.53 Å². The Balaban J connectivity index is 2.40. The number of rotatable bonds is 4. The molecule has 0 spiro atoms. The van der Waals surface area contributed by atoms with Gasteiger partial charge >= 0.3 is 0 Å². The fourth-order valence-electron chi connectivity index (χ4n) is 1.83. The third-order valence-electron chi connectivity index (χ3n) is 2.76. The van der Waals surface area contributed by atoms with Gasteiger partial charge in [0.1, 0.15) is 5.75 Å². The molecule has 0 aliphatic rings. The number of hydrogen-bond acceptors (Lipinski definition) is 3. The number of ether oxygens (including phenoxy) is 1. The lowest BCUT2D eigenvalue weighted by molar-refractivity contribution is 0.103. The van der Waals surface area contributed by atoms with Gasteiger partial charge in [0, 0.05) is 15.7 Å². The van der Waals surface area contributed by atoms with E-state index in [-0.39, 0.29) is 11.9 Å². The highest BCUT2D eigenvalue weighted by atomic mass is 79.9. The van der Waals surface area contributed by atoms with Crippen LogP contribution in [0.2, 0.25) is 0 Å². The van der Waals surface area contributed by atoms with Gasteiger partial charge in [-0.15, -0.1) is 0 Å². The third kappa shape index (κ3) is 3.20. The first kappa shape index (κ1) is 14.6. The number of hydrogen-bond donors (Lipinski definition) is 1. The van der Waals surface area contributed by atoms with Crippen LogP contribution in [0, 0.1) is 0 Å². The predicted molar refractivity (Wildman–Crippen MR) is 84.2 cm³/mol. The van der Waals surface area contributed by atoms with Gasteiger partial charge in [0.25, 0.3) is 0 Å². The van der Waals surface area contributed by atoms with Crippen molar-refractivity contribution >= 4 is 27.4 Å². The summed E-state index contributed by atoms with van der Waals surface area (Å²) >= 11 is 3.34. The predicted octanol–water partition coefficient (Wildman–Crippen LogP) is 4.05. The van der Waals surface area contributed by atoms with Gasteiger partial charge in [-0.25, -0.2) is 0 Å². The molecule has 0 aliphatic carbocycles. The van der Waals surface area contributed by atoms with E-state index in [0.717, 1.165) is 0 Å². The first-order valence-corrected chi connectivity index (χ1v) is 7.13. The maximum atomic E-state index is 12.6. The van der Waals surface area contributed by atoms with Crippen molar-refractivity contribution in [2.45, 2.75) is 20.0 Å². The third-order valence-corrected chi connectivity index (χ3v) is 3.44. The Bertz CT molecular complexity index is 638. The molecule has 0 fully saturated rings. The SMILES string of the molecule is CC(C)Oc1ccccc1C(=O)c1ccc(N)c(Br)c1. The van der Waals surface area contributed by atoms with Crippen molar-refractivity contribution in [2.75, 3.05) is 5.73 Å². The second-order valence-corrected chi connectivity index (χ2v) is 5.58. The van der Waals surface area contributed by atoms with Gasteiger partial charge < -0.3 is 10.5 Å². The topological polar surface area (TPSA) is 52.3 Å². The van der Waals surface area contributed by atoms with Gasteiger partial charge in [-0.2, -0.15) is 0 Å². The Hall–Kier alpha value is -1.81. The average molecular weight is 334 g/mol. The smallest absolute Gasteiger partial charge is 0.196 e. The van der Waals surface area contributed by atoms with E-state index in [4.69, 9.17) is 10.5 Å². The van der Waals surface area contributed by atoms with E-state index in [9.17, 15) is 4.79 Å². The molecule has 0 aliphatic heterocycles. The number of halogens is 1. The number of ketones is 1. The van der Waals surface area contributed by atoms with E-state index < -0.39 is 0 Å². The normalized spacial score (nSPS) is 10.6. The second kappa shape index (κ2) is 6.09. The molecule has 0 unspecified atom stereocenters. The van der Waals surface area contributed by atoms with Crippen LogP contribution in [0.15, 0.2) is 46.9 Å². The number of nitrogens with two attached hydrogens (primary N) is 1. The van der Waals surface area contributed by atoms with E-state index in [0.29, 0.717) is 27.0 Å². The summed E-state index contributed by atoms with van der Waals surface area (Å²) in [6.45, 7) is 3.86. The van der Waals surface area contributed by atoms with Crippen LogP contribution in [0.4, 0.5) is 5.69 Å². The van der Waals surface area contributed by atoms with E-state index >= 15 is 0 Å². The van der Waals surface area contributed by atoms with Crippen molar-refractivity contribution in [2.24, 2.45) is 0 Å². The Kier molecular flexibility index (Phi) is 4.45. The molecule has 2 N–H and O–H groups in total. The molecule has 0 bridgehead atoms. The van der Waals surface area contributed by atoms with Gasteiger partial charge in [-0.1, -0.05) is 12.1 Å². The minimum atomic E-state index is -0.0815. The lowest BCUT2D eigenvalue weighted by atomic mass is 10.0. The van der Waals surface area contributed by atoms with E-state index in [1.54, 1.807) is 30.3 Å². The number of nitrogen functional groups attached to an aromatic ring is 1. The van der Waals surface area contributed by atoms with Gasteiger partial charge in [-0.3, -0.25) is 4.79 Å². The van der Waals surface area contributed by atoms with Gasteiger partial charge in [0.05, 0.1) is 11.7 Å². The molecule has 2 aromatic rings. The molecule has 0 saturated carbocycles. The average Bonchev–Trinajstić information content (AvgIpc) is 2.41. The van der Waals surface area contributed by atoms with Crippen LogP contribution < -0.4 is 10.5 Å². The maximum Gasteiger partial charge on any atom is 0.196 e. The molecule has 0 saturated heterocycles.